The Morgan fingerprint density at radius 2 is 1.68 bits per heavy atom. The molecule has 0 bridgehead atoms. The summed E-state index contributed by atoms with van der Waals surface area (Å²) in [4.78, 5) is 14.6. The summed E-state index contributed by atoms with van der Waals surface area (Å²) in [7, 11) is 0. The van der Waals surface area contributed by atoms with E-state index in [9.17, 15) is 4.79 Å². The largest absolute Gasteiger partial charge is 0.348 e. The molecule has 7 heteroatoms. The number of hydrogen-bond acceptors (Lipinski definition) is 5. The number of carbonyl (C=O) groups excluding carboxylic acids is 1. The number of hydrogen-bond donors (Lipinski definition) is 0. The lowest BCUT2D eigenvalue weighted by Gasteiger charge is -2.22. The van der Waals surface area contributed by atoms with Crippen molar-refractivity contribution in [2.75, 3.05) is 13.2 Å². The Balaban J connectivity index is 0.000000172. The SMILES string of the molecule is Cc1cc(Br)c(C2OCCCO2)s1.Cc1cc(Br)c(C=O)s1. The molecule has 0 aromatic carbocycles. The predicted octanol–water partition coefficient (Wildman–Crippen LogP) is 5.89. The van der Waals surface area contributed by atoms with Crippen LogP contribution in [0.4, 0.5) is 0 Å². The lowest BCUT2D eigenvalue weighted by molar-refractivity contribution is -0.181. The van der Waals surface area contributed by atoms with Crippen LogP contribution < -0.4 is 0 Å². The first kappa shape index (κ1) is 18.3. The molecule has 0 radical (unpaired) electrons. The predicted molar refractivity (Wildman–Crippen MR) is 98.2 cm³/mol. The highest BCUT2D eigenvalue weighted by Crippen LogP contribution is 2.35. The van der Waals surface area contributed by atoms with Gasteiger partial charge in [0, 0.05) is 18.7 Å². The number of aldehydes is 1. The summed E-state index contributed by atoms with van der Waals surface area (Å²) in [6.45, 7) is 5.66. The number of carbonyl (C=O) groups is 1. The van der Waals surface area contributed by atoms with E-state index in [1.165, 1.54) is 16.2 Å². The average Bonchev–Trinajstić information content (AvgIpc) is 3.01. The molecule has 2 aromatic rings. The van der Waals surface area contributed by atoms with Crippen molar-refractivity contribution >= 4 is 60.8 Å². The van der Waals surface area contributed by atoms with Crippen molar-refractivity contribution in [3.63, 3.8) is 0 Å². The van der Waals surface area contributed by atoms with Gasteiger partial charge in [-0.25, -0.2) is 0 Å². The first-order valence-electron chi connectivity index (χ1n) is 6.71. The van der Waals surface area contributed by atoms with Gasteiger partial charge in [-0.2, -0.15) is 0 Å². The molecule has 0 N–H and O–H groups in total. The molecular formula is C15H16Br2O3S2. The highest BCUT2D eigenvalue weighted by atomic mass is 79.9. The second kappa shape index (κ2) is 8.70. The van der Waals surface area contributed by atoms with Crippen LogP contribution in [0.3, 0.4) is 0 Å². The second-order valence-electron chi connectivity index (χ2n) is 4.68. The van der Waals surface area contributed by atoms with Crippen molar-refractivity contribution in [2.45, 2.75) is 26.6 Å². The van der Waals surface area contributed by atoms with Crippen LogP contribution >= 0.6 is 54.5 Å². The summed E-state index contributed by atoms with van der Waals surface area (Å²) >= 11 is 9.98. The Hall–Kier alpha value is -0.0500. The zero-order chi connectivity index (χ0) is 16.1. The summed E-state index contributed by atoms with van der Waals surface area (Å²) in [5.41, 5.74) is 0. The fourth-order valence-electron chi connectivity index (χ4n) is 1.88. The van der Waals surface area contributed by atoms with Crippen molar-refractivity contribution in [1.29, 1.82) is 0 Å². The Morgan fingerprint density at radius 1 is 1.09 bits per heavy atom. The number of ether oxygens (including phenoxy) is 2. The zero-order valence-electron chi connectivity index (χ0n) is 12.2. The van der Waals surface area contributed by atoms with Gasteiger partial charge in [-0.1, -0.05) is 0 Å². The van der Waals surface area contributed by atoms with Gasteiger partial charge in [0.05, 0.1) is 23.0 Å². The molecule has 0 saturated carbocycles. The van der Waals surface area contributed by atoms with Gasteiger partial charge < -0.3 is 9.47 Å². The van der Waals surface area contributed by atoms with E-state index in [1.54, 1.807) is 11.3 Å². The summed E-state index contributed by atoms with van der Waals surface area (Å²) in [6.07, 6.45) is 1.71. The van der Waals surface area contributed by atoms with E-state index in [0.29, 0.717) is 0 Å². The van der Waals surface area contributed by atoms with Gasteiger partial charge in [-0.3, -0.25) is 4.79 Å². The molecule has 2 aromatic heterocycles. The standard InChI is InChI=1S/C9H11BrO2S.C6H5BrOS/c1-6-5-7(10)8(13-6)9-11-3-2-4-12-9;1-4-2-5(7)6(3-8)9-4/h5,9H,2-4H2,1H3;2-3H,1H3. The van der Waals surface area contributed by atoms with Crippen LogP contribution in [0.25, 0.3) is 0 Å². The second-order valence-corrected chi connectivity index (χ2v) is 8.97. The van der Waals surface area contributed by atoms with E-state index < -0.39 is 0 Å². The monoisotopic (exact) mass is 466 g/mol. The Kier molecular flexibility index (Phi) is 7.24. The molecule has 0 aliphatic carbocycles. The summed E-state index contributed by atoms with van der Waals surface area (Å²) < 4.78 is 13.0. The minimum absolute atomic E-state index is 0.151. The molecule has 1 fully saturated rings. The Labute approximate surface area is 154 Å². The number of aryl methyl sites for hydroxylation is 2. The molecule has 3 nitrogen and oxygen atoms in total. The molecule has 0 amide bonds. The van der Waals surface area contributed by atoms with Crippen LogP contribution in [-0.2, 0) is 9.47 Å². The maximum atomic E-state index is 10.2. The van der Waals surface area contributed by atoms with Gasteiger partial charge in [0.2, 0.25) is 0 Å². The molecule has 1 aliphatic heterocycles. The molecule has 1 saturated heterocycles. The van der Waals surface area contributed by atoms with Gasteiger partial charge in [-0.15, -0.1) is 22.7 Å². The fourth-order valence-corrected chi connectivity index (χ4v) is 5.28. The molecule has 0 spiro atoms. The van der Waals surface area contributed by atoms with Crippen LogP contribution in [0.15, 0.2) is 21.1 Å². The average molecular weight is 468 g/mol. The molecule has 3 rings (SSSR count). The number of halogens is 2. The van der Waals surface area contributed by atoms with Crippen LogP contribution in [0, 0.1) is 13.8 Å². The normalized spacial score (nSPS) is 15.3. The van der Waals surface area contributed by atoms with Gasteiger partial charge in [-0.05, 0) is 64.3 Å². The number of rotatable bonds is 2. The quantitative estimate of drug-likeness (QED) is 0.516. The zero-order valence-corrected chi connectivity index (χ0v) is 17.0. The Morgan fingerprint density at radius 3 is 2.09 bits per heavy atom. The maximum absolute atomic E-state index is 10.2. The van der Waals surface area contributed by atoms with Crippen LogP contribution in [0.2, 0.25) is 0 Å². The fraction of sp³-hybridized carbons (Fsp3) is 0.400. The Bertz CT molecular complexity index is 631. The minimum Gasteiger partial charge on any atom is -0.348 e. The van der Waals surface area contributed by atoms with E-state index in [0.717, 1.165) is 49.5 Å². The highest BCUT2D eigenvalue weighted by molar-refractivity contribution is 9.11. The molecule has 120 valence electrons. The van der Waals surface area contributed by atoms with E-state index in [2.05, 4.69) is 44.8 Å². The van der Waals surface area contributed by atoms with Crippen LogP contribution in [0.1, 0.15) is 37.0 Å². The van der Waals surface area contributed by atoms with Crippen molar-refractivity contribution in [3.05, 3.63) is 40.6 Å². The first-order chi connectivity index (χ1) is 10.5. The van der Waals surface area contributed by atoms with E-state index in [-0.39, 0.29) is 6.29 Å². The molecule has 0 unspecified atom stereocenters. The maximum Gasteiger partial charge on any atom is 0.194 e. The lowest BCUT2D eigenvalue weighted by Crippen LogP contribution is -2.16. The smallest absolute Gasteiger partial charge is 0.194 e. The number of thiophene rings is 2. The molecular weight excluding hydrogens is 452 g/mol. The molecule has 3 heterocycles. The van der Waals surface area contributed by atoms with Crippen LogP contribution in [-0.4, -0.2) is 19.5 Å². The third-order valence-corrected chi connectivity index (χ3v) is 6.71. The van der Waals surface area contributed by atoms with Crippen molar-refractivity contribution in [2.24, 2.45) is 0 Å². The van der Waals surface area contributed by atoms with E-state index in [1.807, 2.05) is 13.0 Å². The van der Waals surface area contributed by atoms with Gasteiger partial charge in [0.1, 0.15) is 0 Å². The minimum atomic E-state index is -0.151. The first-order valence-corrected chi connectivity index (χ1v) is 9.93. The third-order valence-electron chi connectivity index (χ3n) is 2.82. The molecule has 1 aliphatic rings. The molecule has 0 atom stereocenters. The third kappa shape index (κ3) is 4.97. The van der Waals surface area contributed by atoms with Gasteiger partial charge in [0.15, 0.2) is 12.6 Å². The topological polar surface area (TPSA) is 35.5 Å². The lowest BCUT2D eigenvalue weighted by atomic mass is 10.4. The van der Waals surface area contributed by atoms with Gasteiger partial charge >= 0.3 is 0 Å². The van der Waals surface area contributed by atoms with Gasteiger partial charge in [0.25, 0.3) is 0 Å². The summed E-state index contributed by atoms with van der Waals surface area (Å²) in [5, 5.41) is 0. The van der Waals surface area contributed by atoms with Crippen LogP contribution in [0.5, 0.6) is 0 Å². The van der Waals surface area contributed by atoms with Crippen molar-refractivity contribution in [1.82, 2.24) is 0 Å². The van der Waals surface area contributed by atoms with E-state index >= 15 is 0 Å². The highest BCUT2D eigenvalue weighted by Gasteiger charge is 2.20. The summed E-state index contributed by atoms with van der Waals surface area (Å²) in [5.74, 6) is 0. The summed E-state index contributed by atoms with van der Waals surface area (Å²) in [6, 6.07) is 4.04. The van der Waals surface area contributed by atoms with Crippen molar-refractivity contribution < 1.29 is 14.3 Å². The molecule has 22 heavy (non-hydrogen) atoms. The van der Waals surface area contributed by atoms with E-state index in [4.69, 9.17) is 9.47 Å². The van der Waals surface area contributed by atoms with Crippen molar-refractivity contribution in [3.8, 4) is 0 Å².